The molecule has 1 rings (SSSR count). The van der Waals surface area contributed by atoms with Crippen LogP contribution in [0.3, 0.4) is 0 Å². The average molecular weight is 199 g/mol. The maximum atomic E-state index is 10.6. The van der Waals surface area contributed by atoms with Gasteiger partial charge in [0.25, 0.3) is 0 Å². The molecule has 0 radical (unpaired) electrons. The van der Waals surface area contributed by atoms with Gasteiger partial charge in [-0.25, -0.2) is 0 Å². The highest BCUT2D eigenvalue weighted by Gasteiger charge is 2.24. The van der Waals surface area contributed by atoms with Crippen LogP contribution in [0.5, 0.6) is 0 Å². The lowest BCUT2D eigenvalue weighted by molar-refractivity contribution is -0.386. The zero-order chi connectivity index (χ0) is 10.7. The molecule has 1 atom stereocenters. The SMILES string of the molecule is Cc1noc(CC(C)CN)c1[N+](=O)[O-]. The Hall–Kier alpha value is -1.43. The number of hydrogen-bond acceptors (Lipinski definition) is 5. The van der Waals surface area contributed by atoms with Gasteiger partial charge >= 0.3 is 5.69 Å². The molecule has 14 heavy (non-hydrogen) atoms. The molecule has 0 amide bonds. The number of aromatic nitrogens is 1. The fraction of sp³-hybridized carbons (Fsp3) is 0.625. The van der Waals surface area contributed by atoms with Gasteiger partial charge in [0.2, 0.25) is 5.76 Å². The van der Waals surface area contributed by atoms with Crippen LogP contribution in [-0.4, -0.2) is 16.6 Å². The number of hydrogen-bond donors (Lipinski definition) is 1. The molecule has 2 N–H and O–H groups in total. The van der Waals surface area contributed by atoms with E-state index in [1.165, 1.54) is 0 Å². The van der Waals surface area contributed by atoms with Gasteiger partial charge in [-0.05, 0) is 19.4 Å². The van der Waals surface area contributed by atoms with Crippen LogP contribution in [-0.2, 0) is 6.42 Å². The van der Waals surface area contributed by atoms with E-state index in [1.807, 2.05) is 6.92 Å². The first-order chi connectivity index (χ1) is 6.56. The van der Waals surface area contributed by atoms with Gasteiger partial charge in [0.1, 0.15) is 0 Å². The molecule has 78 valence electrons. The lowest BCUT2D eigenvalue weighted by atomic mass is 10.1. The number of nitro groups is 1. The highest BCUT2D eigenvalue weighted by molar-refractivity contribution is 5.37. The molecular formula is C8H13N3O3. The normalized spacial score (nSPS) is 12.8. The maximum absolute atomic E-state index is 10.6. The number of aryl methyl sites for hydroxylation is 1. The molecule has 0 bridgehead atoms. The largest absolute Gasteiger partial charge is 0.354 e. The van der Waals surface area contributed by atoms with Crippen LogP contribution in [0.4, 0.5) is 5.69 Å². The predicted molar refractivity (Wildman–Crippen MR) is 49.8 cm³/mol. The Bertz CT molecular complexity index is 335. The molecule has 0 aromatic carbocycles. The Balaban J connectivity index is 2.92. The summed E-state index contributed by atoms with van der Waals surface area (Å²) in [6.07, 6.45) is 0.452. The Morgan fingerprint density at radius 1 is 1.71 bits per heavy atom. The molecule has 0 saturated carbocycles. The van der Waals surface area contributed by atoms with E-state index >= 15 is 0 Å². The van der Waals surface area contributed by atoms with Gasteiger partial charge in [0.15, 0.2) is 5.69 Å². The average Bonchev–Trinajstić information content (AvgIpc) is 2.46. The highest BCUT2D eigenvalue weighted by atomic mass is 16.6. The van der Waals surface area contributed by atoms with E-state index in [4.69, 9.17) is 10.3 Å². The summed E-state index contributed by atoms with van der Waals surface area (Å²) < 4.78 is 4.88. The molecular weight excluding hydrogens is 186 g/mol. The summed E-state index contributed by atoms with van der Waals surface area (Å²) in [5.41, 5.74) is 5.71. The minimum absolute atomic E-state index is 0.0229. The molecule has 0 aliphatic rings. The zero-order valence-corrected chi connectivity index (χ0v) is 8.19. The van der Waals surface area contributed by atoms with E-state index in [1.54, 1.807) is 6.92 Å². The fourth-order valence-electron chi connectivity index (χ4n) is 1.18. The quantitative estimate of drug-likeness (QED) is 0.577. The summed E-state index contributed by atoms with van der Waals surface area (Å²) >= 11 is 0. The van der Waals surface area contributed by atoms with Gasteiger partial charge in [-0.15, -0.1) is 0 Å². The molecule has 0 aliphatic heterocycles. The van der Waals surface area contributed by atoms with Crippen LogP contribution in [0.2, 0.25) is 0 Å². The van der Waals surface area contributed by atoms with Crippen molar-refractivity contribution in [3.8, 4) is 0 Å². The Morgan fingerprint density at radius 2 is 2.36 bits per heavy atom. The smallest absolute Gasteiger partial charge is 0.334 e. The fourth-order valence-corrected chi connectivity index (χ4v) is 1.18. The van der Waals surface area contributed by atoms with E-state index < -0.39 is 4.92 Å². The van der Waals surface area contributed by atoms with Crippen LogP contribution in [0.15, 0.2) is 4.52 Å². The third-order valence-corrected chi connectivity index (χ3v) is 2.02. The van der Waals surface area contributed by atoms with Crippen molar-refractivity contribution in [2.24, 2.45) is 11.7 Å². The molecule has 0 aliphatic carbocycles. The van der Waals surface area contributed by atoms with Crippen LogP contribution in [0.25, 0.3) is 0 Å². The number of nitrogens with zero attached hydrogens (tertiary/aromatic N) is 2. The summed E-state index contributed by atoms with van der Waals surface area (Å²) in [7, 11) is 0. The third-order valence-electron chi connectivity index (χ3n) is 2.02. The van der Waals surface area contributed by atoms with E-state index in [2.05, 4.69) is 5.16 Å². The number of nitrogens with two attached hydrogens (primary N) is 1. The van der Waals surface area contributed by atoms with Crippen molar-refractivity contribution < 1.29 is 9.45 Å². The van der Waals surface area contributed by atoms with Gasteiger partial charge in [0, 0.05) is 6.42 Å². The van der Waals surface area contributed by atoms with E-state index in [9.17, 15) is 10.1 Å². The van der Waals surface area contributed by atoms with Gasteiger partial charge in [-0.2, -0.15) is 0 Å². The van der Waals surface area contributed by atoms with Crippen molar-refractivity contribution in [2.45, 2.75) is 20.3 Å². The van der Waals surface area contributed by atoms with Crippen LogP contribution in [0, 0.1) is 23.0 Å². The van der Waals surface area contributed by atoms with E-state index in [-0.39, 0.29) is 11.6 Å². The van der Waals surface area contributed by atoms with Gasteiger partial charge < -0.3 is 10.3 Å². The van der Waals surface area contributed by atoms with Crippen molar-refractivity contribution in [3.05, 3.63) is 21.6 Å². The molecule has 1 heterocycles. The lowest BCUT2D eigenvalue weighted by Crippen LogP contribution is -2.13. The second-order valence-electron chi connectivity index (χ2n) is 3.34. The van der Waals surface area contributed by atoms with Gasteiger partial charge in [0.05, 0.1) is 4.92 Å². The molecule has 0 saturated heterocycles. The molecule has 1 unspecified atom stereocenters. The molecule has 1 aromatic rings. The van der Waals surface area contributed by atoms with Crippen molar-refractivity contribution in [3.63, 3.8) is 0 Å². The van der Waals surface area contributed by atoms with E-state index in [0.717, 1.165) is 0 Å². The minimum atomic E-state index is -0.468. The maximum Gasteiger partial charge on any atom is 0.334 e. The van der Waals surface area contributed by atoms with Crippen molar-refractivity contribution >= 4 is 5.69 Å². The first-order valence-electron chi connectivity index (χ1n) is 4.35. The second-order valence-corrected chi connectivity index (χ2v) is 3.34. The summed E-state index contributed by atoms with van der Waals surface area (Å²) in [6, 6.07) is 0. The number of rotatable bonds is 4. The van der Waals surface area contributed by atoms with Crippen molar-refractivity contribution in [2.75, 3.05) is 6.54 Å². The second kappa shape index (κ2) is 4.19. The molecule has 6 nitrogen and oxygen atoms in total. The van der Waals surface area contributed by atoms with Gasteiger partial charge in [-0.3, -0.25) is 10.1 Å². The Kier molecular flexibility index (Phi) is 3.19. The minimum Gasteiger partial charge on any atom is -0.354 e. The summed E-state index contributed by atoms with van der Waals surface area (Å²) in [4.78, 5) is 10.2. The Labute approximate surface area is 81.2 Å². The first kappa shape index (κ1) is 10.6. The topological polar surface area (TPSA) is 95.2 Å². The summed E-state index contributed by atoms with van der Waals surface area (Å²) in [5.74, 6) is 0.464. The first-order valence-corrected chi connectivity index (χ1v) is 4.35. The molecule has 1 aromatic heterocycles. The standard InChI is InChI=1S/C8H13N3O3/c1-5(4-9)3-7-8(11(12)13)6(2)10-14-7/h5H,3-4,9H2,1-2H3. The summed E-state index contributed by atoms with van der Waals surface area (Å²) in [6.45, 7) is 3.93. The zero-order valence-electron chi connectivity index (χ0n) is 8.19. The van der Waals surface area contributed by atoms with Gasteiger partial charge in [-0.1, -0.05) is 12.1 Å². The van der Waals surface area contributed by atoms with Crippen LogP contribution in [0.1, 0.15) is 18.4 Å². The molecule has 0 spiro atoms. The highest BCUT2D eigenvalue weighted by Crippen LogP contribution is 2.24. The van der Waals surface area contributed by atoms with Crippen LogP contribution < -0.4 is 5.73 Å². The predicted octanol–water partition coefficient (Wildman–Crippen LogP) is 1.03. The monoisotopic (exact) mass is 199 g/mol. The Morgan fingerprint density at radius 3 is 2.86 bits per heavy atom. The third kappa shape index (κ3) is 2.08. The van der Waals surface area contributed by atoms with Crippen molar-refractivity contribution in [1.82, 2.24) is 5.16 Å². The molecule has 0 fully saturated rings. The van der Waals surface area contributed by atoms with E-state index in [0.29, 0.717) is 24.4 Å². The van der Waals surface area contributed by atoms with Crippen LogP contribution >= 0.6 is 0 Å². The van der Waals surface area contributed by atoms with Crippen molar-refractivity contribution in [1.29, 1.82) is 0 Å². The lowest BCUT2D eigenvalue weighted by Gasteiger charge is -2.03. The summed E-state index contributed by atoms with van der Waals surface area (Å²) in [5, 5.41) is 14.2. The molecule has 6 heteroatoms.